The van der Waals surface area contributed by atoms with Gasteiger partial charge in [-0.3, -0.25) is 9.59 Å². The predicted molar refractivity (Wildman–Crippen MR) is 83.8 cm³/mol. The maximum atomic E-state index is 11.3. The average Bonchev–Trinajstić information content (AvgIpc) is 2.44. The number of carbonyl (C=O) groups is 2. The lowest BCUT2D eigenvalue weighted by atomic mass is 10.1. The Morgan fingerprint density at radius 3 is 2.15 bits per heavy atom. The molecule has 20 heavy (non-hydrogen) atoms. The van der Waals surface area contributed by atoms with Crippen molar-refractivity contribution in [2.75, 3.05) is 18.6 Å². The summed E-state index contributed by atoms with van der Waals surface area (Å²) < 4.78 is 15.9. The van der Waals surface area contributed by atoms with Gasteiger partial charge >= 0.3 is 5.97 Å². The van der Waals surface area contributed by atoms with Gasteiger partial charge in [0, 0.05) is 6.92 Å². The highest BCUT2D eigenvalue weighted by atomic mass is 127. The molecule has 0 unspecified atom stereocenters. The number of allylic oxidation sites excluding steroid dienone is 1. The number of ether oxygens (including phenoxy) is 3. The Kier molecular flexibility index (Phi) is 6.50. The van der Waals surface area contributed by atoms with Gasteiger partial charge < -0.3 is 14.2 Å². The van der Waals surface area contributed by atoms with Crippen molar-refractivity contribution in [2.24, 2.45) is 0 Å². The molecule has 108 valence electrons. The molecule has 0 bridgehead atoms. The van der Waals surface area contributed by atoms with Crippen LogP contribution in [0, 0.1) is 0 Å². The van der Waals surface area contributed by atoms with E-state index < -0.39 is 5.97 Å². The van der Waals surface area contributed by atoms with Crippen molar-refractivity contribution in [1.82, 2.24) is 0 Å². The zero-order valence-corrected chi connectivity index (χ0v) is 13.6. The quantitative estimate of drug-likeness (QED) is 0.246. The van der Waals surface area contributed by atoms with Gasteiger partial charge in [-0.1, -0.05) is 28.7 Å². The Balaban J connectivity index is 3.21. The van der Waals surface area contributed by atoms with Crippen LogP contribution in [0.2, 0.25) is 0 Å². The highest BCUT2D eigenvalue weighted by molar-refractivity contribution is 14.1. The lowest BCUT2D eigenvalue weighted by molar-refractivity contribution is -0.132. The van der Waals surface area contributed by atoms with Crippen LogP contribution in [0.1, 0.15) is 12.5 Å². The van der Waals surface area contributed by atoms with E-state index in [9.17, 15) is 9.59 Å². The molecule has 0 aliphatic heterocycles. The number of hydrogen-bond donors (Lipinski definition) is 0. The summed E-state index contributed by atoms with van der Waals surface area (Å²) >= 11 is 2.00. The molecule has 1 rings (SSSR count). The van der Waals surface area contributed by atoms with E-state index in [-0.39, 0.29) is 11.5 Å². The van der Waals surface area contributed by atoms with E-state index in [1.807, 2.05) is 22.6 Å². The van der Waals surface area contributed by atoms with E-state index in [4.69, 9.17) is 14.2 Å². The molecular weight excluding hydrogens is 375 g/mol. The first kappa shape index (κ1) is 16.5. The predicted octanol–water partition coefficient (Wildman–Crippen LogP) is 2.65. The van der Waals surface area contributed by atoms with Gasteiger partial charge in [0.25, 0.3) is 0 Å². The summed E-state index contributed by atoms with van der Waals surface area (Å²) in [7, 11) is 2.93. The lowest BCUT2D eigenvalue weighted by Gasteiger charge is -2.13. The van der Waals surface area contributed by atoms with E-state index in [2.05, 4.69) is 0 Å². The zero-order chi connectivity index (χ0) is 15.1. The van der Waals surface area contributed by atoms with Crippen molar-refractivity contribution < 1.29 is 23.8 Å². The third kappa shape index (κ3) is 4.52. The molecular formula is C14H15IO5. The number of rotatable bonds is 6. The fraction of sp³-hybridized carbons (Fsp3) is 0.286. The normalized spacial score (nSPS) is 10.4. The van der Waals surface area contributed by atoms with Crippen LogP contribution < -0.4 is 14.2 Å². The number of esters is 1. The van der Waals surface area contributed by atoms with Gasteiger partial charge in [-0.05, 0) is 23.8 Å². The number of hydrogen-bond acceptors (Lipinski definition) is 5. The van der Waals surface area contributed by atoms with Gasteiger partial charge in [0.2, 0.25) is 5.75 Å². The first-order valence-electron chi connectivity index (χ1n) is 5.73. The SMILES string of the molecule is COc1cc(/C=C/C(=O)CI)cc(OC)c1OC(C)=O. The highest BCUT2D eigenvalue weighted by Gasteiger charge is 2.15. The highest BCUT2D eigenvalue weighted by Crippen LogP contribution is 2.39. The molecule has 0 saturated heterocycles. The Labute approximate surface area is 131 Å². The smallest absolute Gasteiger partial charge is 0.308 e. The second-order valence-corrected chi connectivity index (χ2v) is 4.54. The zero-order valence-electron chi connectivity index (χ0n) is 11.4. The maximum Gasteiger partial charge on any atom is 0.308 e. The summed E-state index contributed by atoms with van der Waals surface area (Å²) in [6, 6.07) is 3.33. The standard InChI is InChI=1S/C14H15IO5/c1-9(16)20-14-12(18-2)6-10(7-13(14)19-3)4-5-11(17)8-15/h4-7H,8H2,1-3H3/b5-4+. The molecule has 0 atom stereocenters. The van der Waals surface area contributed by atoms with E-state index in [1.165, 1.54) is 27.2 Å². The molecule has 1 aromatic rings. The molecule has 0 radical (unpaired) electrons. The molecule has 0 saturated carbocycles. The number of carbonyl (C=O) groups excluding carboxylic acids is 2. The van der Waals surface area contributed by atoms with Gasteiger partial charge in [-0.25, -0.2) is 0 Å². The molecule has 0 aromatic heterocycles. The third-order valence-electron chi connectivity index (χ3n) is 2.32. The molecule has 6 heteroatoms. The van der Waals surface area contributed by atoms with Crippen LogP contribution in [-0.2, 0) is 9.59 Å². The molecule has 0 aliphatic carbocycles. The van der Waals surface area contributed by atoms with Crippen LogP contribution in [0.25, 0.3) is 6.08 Å². The topological polar surface area (TPSA) is 61.8 Å². The Morgan fingerprint density at radius 1 is 1.20 bits per heavy atom. The van der Waals surface area contributed by atoms with E-state index >= 15 is 0 Å². The third-order valence-corrected chi connectivity index (χ3v) is 3.07. The minimum atomic E-state index is -0.468. The van der Waals surface area contributed by atoms with Crippen LogP contribution in [0.4, 0.5) is 0 Å². The summed E-state index contributed by atoms with van der Waals surface area (Å²) in [4.78, 5) is 22.4. The fourth-order valence-corrected chi connectivity index (χ4v) is 1.73. The molecule has 0 spiro atoms. The van der Waals surface area contributed by atoms with E-state index in [0.29, 0.717) is 21.5 Å². The van der Waals surface area contributed by atoms with Crippen LogP contribution in [-0.4, -0.2) is 30.4 Å². The van der Waals surface area contributed by atoms with Gasteiger partial charge in [0.1, 0.15) is 0 Å². The monoisotopic (exact) mass is 390 g/mol. The summed E-state index contributed by atoms with van der Waals surface area (Å²) in [5.74, 6) is 0.486. The fourth-order valence-electron chi connectivity index (χ4n) is 1.47. The Bertz CT molecular complexity index is 511. The lowest BCUT2D eigenvalue weighted by Crippen LogP contribution is -2.05. The molecule has 0 amide bonds. The van der Waals surface area contributed by atoms with Crippen LogP contribution >= 0.6 is 22.6 Å². The molecule has 5 nitrogen and oxygen atoms in total. The van der Waals surface area contributed by atoms with Crippen molar-refractivity contribution >= 4 is 40.4 Å². The van der Waals surface area contributed by atoms with Crippen LogP contribution in [0.5, 0.6) is 17.2 Å². The van der Waals surface area contributed by atoms with Crippen molar-refractivity contribution in [2.45, 2.75) is 6.92 Å². The van der Waals surface area contributed by atoms with Crippen LogP contribution in [0.15, 0.2) is 18.2 Å². The van der Waals surface area contributed by atoms with Gasteiger partial charge in [-0.15, -0.1) is 0 Å². The van der Waals surface area contributed by atoms with Crippen molar-refractivity contribution in [3.8, 4) is 17.2 Å². The number of halogens is 1. The molecule has 0 heterocycles. The summed E-state index contributed by atoms with van der Waals surface area (Å²) in [5, 5.41) is 0. The van der Waals surface area contributed by atoms with E-state index in [0.717, 1.165) is 0 Å². The van der Waals surface area contributed by atoms with Crippen molar-refractivity contribution in [3.63, 3.8) is 0 Å². The molecule has 1 aromatic carbocycles. The number of methoxy groups -OCH3 is 2. The molecule has 0 fully saturated rings. The maximum absolute atomic E-state index is 11.3. The molecule has 0 N–H and O–H groups in total. The Morgan fingerprint density at radius 2 is 1.75 bits per heavy atom. The number of benzene rings is 1. The minimum absolute atomic E-state index is 0.00703. The van der Waals surface area contributed by atoms with Gasteiger partial charge in [0.05, 0.1) is 18.6 Å². The Hall–Kier alpha value is -1.57. The van der Waals surface area contributed by atoms with E-state index in [1.54, 1.807) is 18.2 Å². The van der Waals surface area contributed by atoms with Crippen molar-refractivity contribution in [3.05, 3.63) is 23.8 Å². The first-order chi connectivity index (χ1) is 9.51. The number of ketones is 1. The van der Waals surface area contributed by atoms with Crippen LogP contribution in [0.3, 0.4) is 0 Å². The summed E-state index contributed by atoms with van der Waals surface area (Å²) in [5.41, 5.74) is 0.716. The summed E-state index contributed by atoms with van der Waals surface area (Å²) in [6.07, 6.45) is 3.13. The second-order valence-electron chi connectivity index (χ2n) is 3.78. The number of alkyl halides is 1. The summed E-state index contributed by atoms with van der Waals surface area (Å²) in [6.45, 7) is 1.30. The van der Waals surface area contributed by atoms with Gasteiger partial charge in [-0.2, -0.15) is 0 Å². The minimum Gasteiger partial charge on any atom is -0.493 e. The largest absolute Gasteiger partial charge is 0.493 e. The average molecular weight is 390 g/mol. The first-order valence-corrected chi connectivity index (χ1v) is 7.25. The second kappa shape index (κ2) is 7.88. The van der Waals surface area contributed by atoms with Gasteiger partial charge in [0.15, 0.2) is 17.3 Å². The van der Waals surface area contributed by atoms with Crippen molar-refractivity contribution in [1.29, 1.82) is 0 Å². The molecule has 0 aliphatic rings.